The predicted octanol–water partition coefficient (Wildman–Crippen LogP) is 1.55. The fraction of sp³-hybridized carbons (Fsp3) is 0.267. The number of hydrogen-bond donors (Lipinski definition) is 2. The van der Waals surface area contributed by atoms with Gasteiger partial charge in [-0.15, -0.1) is 0 Å². The second-order valence-electron chi connectivity index (χ2n) is 4.76. The zero-order valence-electron chi connectivity index (χ0n) is 11.9. The van der Waals surface area contributed by atoms with Crippen molar-refractivity contribution in [1.82, 2.24) is 9.78 Å². The fourth-order valence-electron chi connectivity index (χ4n) is 1.95. The zero-order valence-corrected chi connectivity index (χ0v) is 11.9. The summed E-state index contributed by atoms with van der Waals surface area (Å²) in [5.41, 5.74) is 7.85. The molecule has 0 bridgehead atoms. The Hall–Kier alpha value is -2.63. The average Bonchev–Trinajstić information content (AvgIpc) is 2.46. The Morgan fingerprint density at radius 1 is 1.33 bits per heavy atom. The maximum atomic E-state index is 11.9. The summed E-state index contributed by atoms with van der Waals surface area (Å²) in [6, 6.07) is 8.44. The molecule has 2 rings (SSSR count). The van der Waals surface area contributed by atoms with E-state index in [1.807, 2.05) is 13.0 Å². The Labute approximate surface area is 122 Å². The van der Waals surface area contributed by atoms with Crippen LogP contribution in [-0.2, 0) is 11.3 Å². The van der Waals surface area contributed by atoms with Crippen molar-refractivity contribution in [2.75, 3.05) is 11.1 Å². The largest absolute Gasteiger partial charge is 0.398 e. The van der Waals surface area contributed by atoms with Crippen LogP contribution < -0.4 is 16.6 Å². The van der Waals surface area contributed by atoms with Crippen molar-refractivity contribution in [3.8, 4) is 0 Å². The fourth-order valence-corrected chi connectivity index (χ4v) is 1.95. The summed E-state index contributed by atoms with van der Waals surface area (Å²) in [5.74, 6) is -0.104. The lowest BCUT2D eigenvalue weighted by molar-refractivity contribution is -0.116. The van der Waals surface area contributed by atoms with Crippen molar-refractivity contribution in [1.29, 1.82) is 0 Å². The molecule has 0 aliphatic rings. The molecule has 6 heteroatoms. The van der Waals surface area contributed by atoms with Crippen LogP contribution in [0.4, 0.5) is 11.4 Å². The van der Waals surface area contributed by atoms with Crippen LogP contribution in [0.15, 0.2) is 41.3 Å². The lowest BCUT2D eigenvalue weighted by Gasteiger charge is -2.10. The highest BCUT2D eigenvalue weighted by Gasteiger charge is 2.06. The van der Waals surface area contributed by atoms with Gasteiger partial charge in [0.2, 0.25) is 5.91 Å². The number of carbonyl (C=O) groups is 1. The first kappa shape index (κ1) is 14.8. The van der Waals surface area contributed by atoms with Gasteiger partial charge in [-0.3, -0.25) is 9.59 Å². The first-order chi connectivity index (χ1) is 10.1. The highest BCUT2D eigenvalue weighted by Crippen LogP contribution is 2.20. The van der Waals surface area contributed by atoms with Crippen LogP contribution in [0, 0.1) is 6.92 Å². The molecule has 0 unspecified atom stereocenters. The van der Waals surface area contributed by atoms with E-state index in [4.69, 9.17) is 5.73 Å². The molecule has 0 spiro atoms. The minimum atomic E-state index is -0.162. The molecule has 21 heavy (non-hydrogen) atoms. The Morgan fingerprint density at radius 3 is 2.90 bits per heavy atom. The lowest BCUT2D eigenvalue weighted by Crippen LogP contribution is -2.22. The topological polar surface area (TPSA) is 90.0 Å². The van der Waals surface area contributed by atoms with E-state index < -0.39 is 0 Å². The molecule has 0 aliphatic carbocycles. The quantitative estimate of drug-likeness (QED) is 0.816. The first-order valence-electron chi connectivity index (χ1n) is 6.75. The monoisotopic (exact) mass is 286 g/mol. The minimum Gasteiger partial charge on any atom is -0.398 e. The molecule has 1 heterocycles. The van der Waals surface area contributed by atoms with Gasteiger partial charge in [-0.2, -0.15) is 5.10 Å². The van der Waals surface area contributed by atoms with Crippen LogP contribution in [0.25, 0.3) is 0 Å². The number of amides is 1. The number of hydrogen-bond acceptors (Lipinski definition) is 4. The van der Waals surface area contributed by atoms with Crippen LogP contribution >= 0.6 is 0 Å². The standard InChI is InChI=1S/C15H18N4O2/c1-11-12(16)5-2-6-13(11)18-14(20)7-4-10-19-15(21)8-3-9-17-19/h2-3,5-6,8-9H,4,7,10,16H2,1H3,(H,18,20). The first-order valence-corrected chi connectivity index (χ1v) is 6.75. The number of carbonyl (C=O) groups excluding carboxylic acids is 1. The van der Waals surface area contributed by atoms with Gasteiger partial charge in [0.25, 0.3) is 5.56 Å². The summed E-state index contributed by atoms with van der Waals surface area (Å²) in [4.78, 5) is 23.3. The molecule has 0 saturated carbocycles. The van der Waals surface area contributed by atoms with Gasteiger partial charge in [0.05, 0.1) is 0 Å². The number of nitrogens with zero attached hydrogens (tertiary/aromatic N) is 2. The molecular formula is C15H18N4O2. The summed E-state index contributed by atoms with van der Waals surface area (Å²) in [5, 5.41) is 6.77. The number of rotatable bonds is 5. The summed E-state index contributed by atoms with van der Waals surface area (Å²) < 4.78 is 1.35. The number of anilines is 2. The van der Waals surface area contributed by atoms with Crippen LogP contribution in [0.3, 0.4) is 0 Å². The molecule has 1 aromatic carbocycles. The number of benzene rings is 1. The molecule has 110 valence electrons. The summed E-state index contributed by atoms with van der Waals surface area (Å²) in [7, 11) is 0. The van der Waals surface area contributed by atoms with Crippen molar-refractivity contribution in [2.45, 2.75) is 26.3 Å². The SMILES string of the molecule is Cc1c(N)cccc1NC(=O)CCCn1ncccc1=O. The van der Waals surface area contributed by atoms with Gasteiger partial charge in [-0.1, -0.05) is 6.07 Å². The van der Waals surface area contributed by atoms with E-state index in [2.05, 4.69) is 10.4 Å². The molecule has 2 aromatic rings. The third kappa shape index (κ3) is 3.92. The maximum absolute atomic E-state index is 11.9. The van der Waals surface area contributed by atoms with E-state index in [9.17, 15) is 9.59 Å². The van der Waals surface area contributed by atoms with Gasteiger partial charge in [0.15, 0.2) is 0 Å². The van der Waals surface area contributed by atoms with Crippen LogP contribution in [-0.4, -0.2) is 15.7 Å². The van der Waals surface area contributed by atoms with Crippen LogP contribution in [0.5, 0.6) is 0 Å². The van der Waals surface area contributed by atoms with Gasteiger partial charge >= 0.3 is 0 Å². The van der Waals surface area contributed by atoms with Crippen molar-refractivity contribution in [2.24, 2.45) is 0 Å². The molecule has 0 atom stereocenters. The summed E-state index contributed by atoms with van der Waals surface area (Å²) in [6.45, 7) is 2.28. The molecule has 0 radical (unpaired) electrons. The lowest BCUT2D eigenvalue weighted by atomic mass is 10.1. The number of aromatic nitrogens is 2. The molecule has 0 aliphatic heterocycles. The van der Waals surface area contributed by atoms with Crippen molar-refractivity contribution < 1.29 is 4.79 Å². The highest BCUT2D eigenvalue weighted by atomic mass is 16.1. The maximum Gasteiger partial charge on any atom is 0.266 e. The number of nitrogens with two attached hydrogens (primary N) is 1. The van der Waals surface area contributed by atoms with Gasteiger partial charge in [-0.25, -0.2) is 4.68 Å². The smallest absolute Gasteiger partial charge is 0.266 e. The summed E-state index contributed by atoms with van der Waals surface area (Å²) in [6.07, 6.45) is 2.42. The highest BCUT2D eigenvalue weighted by molar-refractivity contribution is 5.92. The third-order valence-corrected chi connectivity index (χ3v) is 3.21. The van der Waals surface area contributed by atoms with E-state index in [1.54, 1.807) is 24.4 Å². The predicted molar refractivity (Wildman–Crippen MR) is 82.0 cm³/mol. The minimum absolute atomic E-state index is 0.104. The van der Waals surface area contributed by atoms with E-state index >= 15 is 0 Å². The molecule has 1 aromatic heterocycles. The summed E-state index contributed by atoms with van der Waals surface area (Å²) >= 11 is 0. The normalized spacial score (nSPS) is 10.3. The Bertz CT molecular complexity index is 694. The van der Waals surface area contributed by atoms with E-state index in [0.717, 1.165) is 11.3 Å². The van der Waals surface area contributed by atoms with Crippen molar-refractivity contribution in [3.05, 3.63) is 52.4 Å². The Morgan fingerprint density at radius 2 is 2.14 bits per heavy atom. The molecule has 1 amide bonds. The molecule has 0 fully saturated rings. The van der Waals surface area contributed by atoms with Gasteiger partial charge < -0.3 is 11.1 Å². The Balaban J connectivity index is 1.87. The average molecular weight is 286 g/mol. The van der Waals surface area contributed by atoms with Gasteiger partial charge in [0, 0.05) is 36.6 Å². The van der Waals surface area contributed by atoms with E-state index in [-0.39, 0.29) is 11.5 Å². The van der Waals surface area contributed by atoms with Crippen LogP contribution in [0.2, 0.25) is 0 Å². The van der Waals surface area contributed by atoms with Gasteiger partial charge in [-0.05, 0) is 37.1 Å². The number of nitrogens with one attached hydrogen (secondary N) is 1. The second-order valence-corrected chi connectivity index (χ2v) is 4.76. The molecular weight excluding hydrogens is 268 g/mol. The molecule has 0 saturated heterocycles. The van der Waals surface area contributed by atoms with Crippen LogP contribution in [0.1, 0.15) is 18.4 Å². The number of nitrogen functional groups attached to an aromatic ring is 1. The molecule has 3 N–H and O–H groups in total. The van der Waals surface area contributed by atoms with Gasteiger partial charge in [0.1, 0.15) is 0 Å². The number of aryl methyl sites for hydroxylation is 1. The van der Waals surface area contributed by atoms with E-state index in [1.165, 1.54) is 10.7 Å². The van der Waals surface area contributed by atoms with Crippen molar-refractivity contribution in [3.63, 3.8) is 0 Å². The second kappa shape index (κ2) is 6.69. The third-order valence-electron chi connectivity index (χ3n) is 3.21. The van der Waals surface area contributed by atoms with Crippen molar-refractivity contribution >= 4 is 17.3 Å². The van der Waals surface area contributed by atoms with E-state index in [0.29, 0.717) is 25.1 Å². The molecule has 6 nitrogen and oxygen atoms in total. The Kier molecular flexibility index (Phi) is 4.71. The zero-order chi connectivity index (χ0) is 15.2.